The molecule has 0 atom stereocenters. The molecule has 0 aromatic carbocycles. The molecule has 0 bridgehead atoms. The summed E-state index contributed by atoms with van der Waals surface area (Å²) in [6, 6.07) is 0.425. The Hall–Kier alpha value is -0.610. The van der Waals surface area contributed by atoms with Crippen molar-refractivity contribution in [3.05, 3.63) is 0 Å². The van der Waals surface area contributed by atoms with Crippen LogP contribution in [0, 0.1) is 11.8 Å². The molecule has 2 aliphatic heterocycles. The van der Waals surface area contributed by atoms with Gasteiger partial charge < -0.3 is 15.0 Å². The standard InChI is InChI=1S/C16H28N2O2/c19-16(14-2-1-3-14)17-15-4-8-18(9-5-15)12-13-6-10-20-11-7-13/h13-15H,1-12H2,(H,17,19). The quantitative estimate of drug-likeness (QED) is 0.853. The van der Waals surface area contributed by atoms with Gasteiger partial charge in [-0.3, -0.25) is 4.79 Å². The van der Waals surface area contributed by atoms with Gasteiger partial charge in [-0.1, -0.05) is 6.42 Å². The minimum absolute atomic E-state index is 0.319. The maximum atomic E-state index is 12.0. The average molecular weight is 280 g/mol. The third-order valence-electron chi connectivity index (χ3n) is 5.27. The number of rotatable bonds is 4. The molecule has 4 heteroatoms. The van der Waals surface area contributed by atoms with Gasteiger partial charge in [0, 0.05) is 44.8 Å². The van der Waals surface area contributed by atoms with E-state index in [-0.39, 0.29) is 0 Å². The van der Waals surface area contributed by atoms with Crippen LogP contribution in [0.4, 0.5) is 0 Å². The van der Waals surface area contributed by atoms with Crippen molar-refractivity contribution >= 4 is 5.91 Å². The Morgan fingerprint density at radius 1 is 1.05 bits per heavy atom. The molecule has 3 aliphatic rings. The number of carbonyl (C=O) groups is 1. The molecule has 1 amide bonds. The van der Waals surface area contributed by atoms with E-state index < -0.39 is 0 Å². The fraction of sp³-hybridized carbons (Fsp3) is 0.938. The minimum atomic E-state index is 0.319. The molecule has 2 heterocycles. The molecule has 20 heavy (non-hydrogen) atoms. The van der Waals surface area contributed by atoms with E-state index in [1.807, 2.05) is 0 Å². The molecule has 3 fully saturated rings. The predicted octanol–water partition coefficient (Wildman–Crippen LogP) is 1.79. The van der Waals surface area contributed by atoms with Crippen LogP contribution in [0.3, 0.4) is 0 Å². The maximum absolute atomic E-state index is 12.0. The molecule has 1 saturated carbocycles. The lowest BCUT2D eigenvalue weighted by Crippen LogP contribution is -2.48. The monoisotopic (exact) mass is 280 g/mol. The van der Waals surface area contributed by atoms with Crippen molar-refractivity contribution in [1.29, 1.82) is 0 Å². The Morgan fingerprint density at radius 3 is 2.35 bits per heavy atom. The van der Waals surface area contributed by atoms with Crippen molar-refractivity contribution in [3.63, 3.8) is 0 Å². The zero-order valence-corrected chi connectivity index (χ0v) is 12.5. The van der Waals surface area contributed by atoms with Gasteiger partial charge in [0.15, 0.2) is 0 Å². The molecule has 0 aromatic rings. The van der Waals surface area contributed by atoms with E-state index in [0.717, 1.165) is 57.9 Å². The fourth-order valence-corrected chi connectivity index (χ4v) is 3.54. The first kappa shape index (κ1) is 14.3. The van der Waals surface area contributed by atoms with Gasteiger partial charge >= 0.3 is 0 Å². The normalized spacial score (nSPS) is 27.2. The first-order valence-corrected chi connectivity index (χ1v) is 8.42. The first-order chi connectivity index (χ1) is 9.81. The van der Waals surface area contributed by atoms with Crippen LogP contribution in [0.2, 0.25) is 0 Å². The molecule has 2 saturated heterocycles. The minimum Gasteiger partial charge on any atom is -0.381 e. The lowest BCUT2D eigenvalue weighted by Gasteiger charge is -2.36. The van der Waals surface area contributed by atoms with Crippen molar-refractivity contribution in [2.45, 2.75) is 51.0 Å². The number of likely N-dealkylation sites (tertiary alicyclic amines) is 1. The molecular formula is C16H28N2O2. The Morgan fingerprint density at radius 2 is 1.75 bits per heavy atom. The van der Waals surface area contributed by atoms with Crippen LogP contribution >= 0.6 is 0 Å². The van der Waals surface area contributed by atoms with Crippen LogP contribution in [0.25, 0.3) is 0 Å². The van der Waals surface area contributed by atoms with Gasteiger partial charge in [-0.25, -0.2) is 0 Å². The number of nitrogens with zero attached hydrogens (tertiary/aromatic N) is 1. The van der Waals surface area contributed by atoms with Gasteiger partial charge in [-0.2, -0.15) is 0 Å². The molecule has 0 spiro atoms. The average Bonchev–Trinajstić information content (AvgIpc) is 2.40. The van der Waals surface area contributed by atoms with Gasteiger partial charge in [-0.15, -0.1) is 0 Å². The maximum Gasteiger partial charge on any atom is 0.223 e. The van der Waals surface area contributed by atoms with Crippen molar-refractivity contribution in [1.82, 2.24) is 10.2 Å². The van der Waals surface area contributed by atoms with E-state index in [2.05, 4.69) is 10.2 Å². The zero-order valence-electron chi connectivity index (χ0n) is 12.5. The highest BCUT2D eigenvalue weighted by atomic mass is 16.5. The summed E-state index contributed by atoms with van der Waals surface area (Å²) < 4.78 is 5.42. The summed E-state index contributed by atoms with van der Waals surface area (Å²) in [6.45, 7) is 5.41. The zero-order chi connectivity index (χ0) is 13.8. The van der Waals surface area contributed by atoms with Gasteiger partial charge in [0.1, 0.15) is 0 Å². The molecule has 0 aromatic heterocycles. The van der Waals surface area contributed by atoms with E-state index in [9.17, 15) is 4.79 Å². The van der Waals surface area contributed by atoms with E-state index in [0.29, 0.717) is 17.9 Å². The van der Waals surface area contributed by atoms with Crippen LogP contribution in [-0.4, -0.2) is 49.7 Å². The summed E-state index contributed by atoms with van der Waals surface area (Å²) in [4.78, 5) is 14.5. The third kappa shape index (κ3) is 3.73. The summed E-state index contributed by atoms with van der Waals surface area (Å²) in [5.74, 6) is 1.47. The number of carbonyl (C=O) groups excluding carboxylic acids is 1. The van der Waals surface area contributed by atoms with Crippen molar-refractivity contribution < 1.29 is 9.53 Å². The molecular weight excluding hydrogens is 252 g/mol. The SMILES string of the molecule is O=C(NC1CCN(CC2CCOCC2)CC1)C1CCC1. The van der Waals surface area contributed by atoms with Crippen LogP contribution in [0.1, 0.15) is 44.9 Å². The molecule has 4 nitrogen and oxygen atoms in total. The second kappa shape index (κ2) is 6.90. The highest BCUT2D eigenvalue weighted by Gasteiger charge is 2.28. The summed E-state index contributed by atoms with van der Waals surface area (Å²) in [6.07, 6.45) is 8.14. The van der Waals surface area contributed by atoms with Crippen molar-refractivity contribution in [2.75, 3.05) is 32.8 Å². The van der Waals surface area contributed by atoms with Crippen LogP contribution in [0.5, 0.6) is 0 Å². The van der Waals surface area contributed by atoms with E-state index >= 15 is 0 Å². The summed E-state index contributed by atoms with van der Waals surface area (Å²) >= 11 is 0. The Kier molecular flexibility index (Phi) is 4.94. The molecule has 3 rings (SSSR count). The summed E-state index contributed by atoms with van der Waals surface area (Å²) in [5.41, 5.74) is 0. The van der Waals surface area contributed by atoms with Crippen LogP contribution < -0.4 is 5.32 Å². The predicted molar refractivity (Wildman–Crippen MR) is 78.5 cm³/mol. The lowest BCUT2D eigenvalue weighted by molar-refractivity contribution is -0.128. The Bertz CT molecular complexity index is 316. The number of hydrogen-bond donors (Lipinski definition) is 1. The molecule has 1 N–H and O–H groups in total. The van der Waals surface area contributed by atoms with Gasteiger partial charge in [0.05, 0.1) is 0 Å². The highest BCUT2D eigenvalue weighted by Crippen LogP contribution is 2.27. The summed E-state index contributed by atoms with van der Waals surface area (Å²) in [7, 11) is 0. The number of hydrogen-bond acceptors (Lipinski definition) is 3. The highest BCUT2D eigenvalue weighted by molar-refractivity contribution is 5.79. The molecule has 0 unspecified atom stereocenters. The Balaban J connectivity index is 1.34. The van der Waals surface area contributed by atoms with Crippen LogP contribution in [0.15, 0.2) is 0 Å². The number of ether oxygens (including phenoxy) is 1. The number of nitrogens with one attached hydrogen (secondary N) is 1. The van der Waals surface area contributed by atoms with E-state index in [4.69, 9.17) is 4.74 Å². The summed E-state index contributed by atoms with van der Waals surface area (Å²) in [5, 5.41) is 3.26. The molecule has 0 radical (unpaired) electrons. The Labute approximate surface area is 122 Å². The lowest BCUT2D eigenvalue weighted by atomic mass is 9.84. The van der Waals surface area contributed by atoms with Gasteiger partial charge in [0.2, 0.25) is 5.91 Å². The van der Waals surface area contributed by atoms with Crippen LogP contribution in [-0.2, 0) is 9.53 Å². The van der Waals surface area contributed by atoms with E-state index in [1.54, 1.807) is 0 Å². The van der Waals surface area contributed by atoms with Crippen molar-refractivity contribution in [2.24, 2.45) is 11.8 Å². The number of amides is 1. The smallest absolute Gasteiger partial charge is 0.223 e. The third-order valence-corrected chi connectivity index (χ3v) is 5.27. The van der Waals surface area contributed by atoms with Gasteiger partial charge in [-0.05, 0) is 44.4 Å². The number of piperidine rings is 1. The van der Waals surface area contributed by atoms with Gasteiger partial charge in [0.25, 0.3) is 0 Å². The molecule has 114 valence electrons. The van der Waals surface area contributed by atoms with E-state index in [1.165, 1.54) is 25.8 Å². The second-order valence-electron chi connectivity index (χ2n) is 6.77. The van der Waals surface area contributed by atoms with Crippen molar-refractivity contribution in [3.8, 4) is 0 Å². The second-order valence-corrected chi connectivity index (χ2v) is 6.77. The first-order valence-electron chi connectivity index (χ1n) is 8.42. The fourth-order valence-electron chi connectivity index (χ4n) is 3.54. The largest absolute Gasteiger partial charge is 0.381 e. The molecule has 1 aliphatic carbocycles. The topological polar surface area (TPSA) is 41.6 Å².